The molecule has 1 unspecified atom stereocenters. The number of nitrogens with zero attached hydrogens (tertiary/aromatic N) is 2. The first-order valence-corrected chi connectivity index (χ1v) is 7.75. The van der Waals surface area contributed by atoms with Crippen molar-refractivity contribution >= 4 is 5.91 Å². The fourth-order valence-corrected chi connectivity index (χ4v) is 3.28. The predicted molar refractivity (Wildman–Crippen MR) is 86.8 cm³/mol. The van der Waals surface area contributed by atoms with Crippen LogP contribution < -0.4 is 0 Å². The van der Waals surface area contributed by atoms with E-state index in [9.17, 15) is 14.3 Å². The molecule has 1 fully saturated rings. The van der Waals surface area contributed by atoms with E-state index in [1.54, 1.807) is 11.0 Å². The highest BCUT2D eigenvalue weighted by atomic mass is 19.1. The molecule has 2 aromatic carbocycles. The van der Waals surface area contributed by atoms with E-state index < -0.39 is 11.2 Å². The molecule has 0 saturated carbocycles. The molecular formula is C19H17FN2O2. The fourth-order valence-electron chi connectivity index (χ4n) is 3.28. The van der Waals surface area contributed by atoms with Crippen molar-refractivity contribution in [3.05, 3.63) is 71.0 Å². The van der Waals surface area contributed by atoms with Gasteiger partial charge in [-0.15, -0.1) is 0 Å². The molecule has 0 aromatic heterocycles. The third-order valence-corrected chi connectivity index (χ3v) is 4.69. The summed E-state index contributed by atoms with van der Waals surface area (Å²) < 4.78 is 13.7. The number of rotatable bonds is 3. The molecule has 1 aliphatic heterocycles. The van der Waals surface area contributed by atoms with Crippen LogP contribution in [0.1, 0.15) is 27.9 Å². The first kappa shape index (κ1) is 16.2. The largest absolute Gasteiger partial charge is 0.395 e. The lowest BCUT2D eigenvalue weighted by Crippen LogP contribution is -2.37. The van der Waals surface area contributed by atoms with Crippen LogP contribution in [-0.4, -0.2) is 35.6 Å². The highest BCUT2D eigenvalue weighted by Crippen LogP contribution is 2.35. The molecule has 0 aliphatic carbocycles. The van der Waals surface area contributed by atoms with Gasteiger partial charge in [-0.1, -0.05) is 36.4 Å². The number of benzene rings is 2. The van der Waals surface area contributed by atoms with Crippen LogP contribution in [0.4, 0.5) is 4.39 Å². The number of aliphatic hydroxyl groups is 1. The minimum atomic E-state index is -0.695. The van der Waals surface area contributed by atoms with Gasteiger partial charge in [-0.2, -0.15) is 5.26 Å². The van der Waals surface area contributed by atoms with Gasteiger partial charge in [0.2, 0.25) is 0 Å². The molecule has 3 rings (SSSR count). The normalized spacial score (nSPS) is 20.0. The van der Waals surface area contributed by atoms with E-state index in [0.717, 1.165) is 5.56 Å². The second-order valence-corrected chi connectivity index (χ2v) is 6.06. The molecule has 1 aliphatic rings. The average Bonchev–Trinajstić information content (AvgIpc) is 3.07. The zero-order valence-electron chi connectivity index (χ0n) is 13.1. The number of nitriles is 1. The fraction of sp³-hybridized carbons (Fsp3) is 0.263. The summed E-state index contributed by atoms with van der Waals surface area (Å²) in [6, 6.07) is 15.4. The third-order valence-electron chi connectivity index (χ3n) is 4.69. The number of amides is 1. The van der Waals surface area contributed by atoms with Crippen molar-refractivity contribution in [3.63, 3.8) is 0 Å². The van der Waals surface area contributed by atoms with Crippen molar-refractivity contribution in [2.24, 2.45) is 0 Å². The molecule has 24 heavy (non-hydrogen) atoms. The van der Waals surface area contributed by atoms with Gasteiger partial charge < -0.3 is 10.0 Å². The van der Waals surface area contributed by atoms with Crippen molar-refractivity contribution < 1.29 is 14.3 Å². The topological polar surface area (TPSA) is 64.3 Å². The van der Waals surface area contributed by atoms with Crippen LogP contribution in [0.15, 0.2) is 48.5 Å². The number of hydrogen-bond acceptors (Lipinski definition) is 3. The van der Waals surface area contributed by atoms with Crippen LogP contribution in [0.3, 0.4) is 0 Å². The number of aliphatic hydroxyl groups excluding tert-OH is 1. The Kier molecular flexibility index (Phi) is 4.32. The maximum absolute atomic E-state index is 13.7. The van der Waals surface area contributed by atoms with Crippen molar-refractivity contribution in [2.75, 3.05) is 19.7 Å². The van der Waals surface area contributed by atoms with Crippen LogP contribution in [-0.2, 0) is 5.41 Å². The molecule has 1 amide bonds. The van der Waals surface area contributed by atoms with E-state index in [1.807, 2.05) is 30.3 Å². The molecule has 0 spiro atoms. The maximum atomic E-state index is 13.7. The van der Waals surface area contributed by atoms with E-state index in [0.29, 0.717) is 19.5 Å². The van der Waals surface area contributed by atoms with Gasteiger partial charge in [0, 0.05) is 18.5 Å². The number of likely N-dealkylation sites (tertiary alicyclic amines) is 1. The molecule has 0 radical (unpaired) electrons. The highest BCUT2D eigenvalue weighted by molar-refractivity contribution is 5.97. The quantitative estimate of drug-likeness (QED) is 0.943. The molecule has 0 bridgehead atoms. The SMILES string of the molecule is N#Cc1c(F)cccc1C(=O)N1CCC(CO)(c2ccccc2)C1. The second kappa shape index (κ2) is 6.42. The summed E-state index contributed by atoms with van der Waals surface area (Å²) in [5, 5.41) is 19.1. The van der Waals surface area contributed by atoms with Gasteiger partial charge in [-0.3, -0.25) is 4.79 Å². The van der Waals surface area contributed by atoms with Crippen LogP contribution >= 0.6 is 0 Å². The Morgan fingerprint density at radius 1 is 1.25 bits per heavy atom. The van der Waals surface area contributed by atoms with Gasteiger partial charge >= 0.3 is 0 Å². The number of hydrogen-bond donors (Lipinski definition) is 1. The molecule has 1 N–H and O–H groups in total. The molecule has 1 atom stereocenters. The Hall–Kier alpha value is -2.71. The summed E-state index contributed by atoms with van der Waals surface area (Å²) in [6.07, 6.45) is 0.621. The summed E-state index contributed by atoms with van der Waals surface area (Å²) >= 11 is 0. The zero-order chi connectivity index (χ0) is 17.2. The Labute approximate surface area is 139 Å². The second-order valence-electron chi connectivity index (χ2n) is 6.06. The first-order valence-electron chi connectivity index (χ1n) is 7.75. The smallest absolute Gasteiger partial charge is 0.255 e. The molecule has 4 nitrogen and oxygen atoms in total. The van der Waals surface area contributed by atoms with E-state index in [2.05, 4.69) is 0 Å². The summed E-state index contributed by atoms with van der Waals surface area (Å²) in [7, 11) is 0. The van der Waals surface area contributed by atoms with E-state index in [-0.39, 0.29) is 23.6 Å². The van der Waals surface area contributed by atoms with Gasteiger partial charge in [0.25, 0.3) is 5.91 Å². The van der Waals surface area contributed by atoms with Crippen molar-refractivity contribution in [1.82, 2.24) is 4.90 Å². The lowest BCUT2D eigenvalue weighted by molar-refractivity contribution is 0.0773. The van der Waals surface area contributed by atoms with Gasteiger partial charge in [0.15, 0.2) is 0 Å². The highest BCUT2D eigenvalue weighted by Gasteiger charge is 2.41. The average molecular weight is 324 g/mol. The third kappa shape index (κ3) is 2.66. The van der Waals surface area contributed by atoms with E-state index in [1.165, 1.54) is 18.2 Å². The molecule has 1 saturated heterocycles. The van der Waals surface area contributed by atoms with Gasteiger partial charge in [-0.25, -0.2) is 4.39 Å². The Bertz CT molecular complexity index is 801. The maximum Gasteiger partial charge on any atom is 0.255 e. The predicted octanol–water partition coefficient (Wildman–Crippen LogP) is 2.47. The van der Waals surface area contributed by atoms with Gasteiger partial charge in [-0.05, 0) is 24.1 Å². The van der Waals surface area contributed by atoms with E-state index in [4.69, 9.17) is 5.26 Å². The van der Waals surface area contributed by atoms with E-state index >= 15 is 0 Å². The Balaban J connectivity index is 1.90. The summed E-state index contributed by atoms with van der Waals surface area (Å²) in [4.78, 5) is 14.3. The van der Waals surface area contributed by atoms with Gasteiger partial charge in [0.1, 0.15) is 17.4 Å². The Morgan fingerprint density at radius 3 is 2.67 bits per heavy atom. The summed E-state index contributed by atoms with van der Waals surface area (Å²) in [5.74, 6) is -1.07. The molecule has 122 valence electrons. The minimum absolute atomic E-state index is 0.0688. The number of carbonyl (C=O) groups excluding carboxylic acids is 1. The van der Waals surface area contributed by atoms with Crippen molar-refractivity contribution in [3.8, 4) is 6.07 Å². The van der Waals surface area contributed by atoms with Gasteiger partial charge in [0.05, 0.1) is 12.2 Å². The molecule has 2 aromatic rings. The van der Waals surface area contributed by atoms with Crippen LogP contribution in [0.25, 0.3) is 0 Å². The van der Waals surface area contributed by atoms with Crippen molar-refractivity contribution in [2.45, 2.75) is 11.8 Å². The standard InChI is InChI=1S/C19H17FN2O2/c20-17-8-4-7-15(16(17)11-21)18(24)22-10-9-19(12-22,13-23)14-5-2-1-3-6-14/h1-8,23H,9-10,12-13H2. The lowest BCUT2D eigenvalue weighted by Gasteiger charge is -2.27. The molecular weight excluding hydrogens is 307 g/mol. The molecule has 1 heterocycles. The van der Waals surface area contributed by atoms with Crippen LogP contribution in [0, 0.1) is 17.1 Å². The molecule has 5 heteroatoms. The van der Waals surface area contributed by atoms with Crippen LogP contribution in [0.5, 0.6) is 0 Å². The number of halogens is 1. The zero-order valence-corrected chi connectivity index (χ0v) is 13.1. The van der Waals surface area contributed by atoms with Crippen molar-refractivity contribution in [1.29, 1.82) is 5.26 Å². The summed E-state index contributed by atoms with van der Waals surface area (Å²) in [5.41, 5.74) is 0.294. The lowest BCUT2D eigenvalue weighted by atomic mass is 9.80. The number of carbonyl (C=O) groups is 1. The monoisotopic (exact) mass is 324 g/mol. The van der Waals surface area contributed by atoms with Crippen LogP contribution in [0.2, 0.25) is 0 Å². The minimum Gasteiger partial charge on any atom is -0.395 e. The Morgan fingerprint density at radius 2 is 2.00 bits per heavy atom. The first-order chi connectivity index (χ1) is 11.6. The summed E-state index contributed by atoms with van der Waals surface area (Å²) in [6.45, 7) is 0.721.